The Morgan fingerprint density at radius 2 is 2.06 bits per heavy atom. The van der Waals surface area contributed by atoms with Gasteiger partial charge >= 0.3 is 5.97 Å². The molecule has 17 heavy (non-hydrogen) atoms. The molecule has 1 aromatic carbocycles. The van der Waals surface area contributed by atoms with E-state index in [1.807, 2.05) is 6.07 Å². The highest BCUT2D eigenvalue weighted by molar-refractivity contribution is 9.10. The van der Waals surface area contributed by atoms with Gasteiger partial charge in [0, 0.05) is 16.6 Å². The minimum atomic E-state index is -0.318. The van der Waals surface area contributed by atoms with Gasteiger partial charge in [-0.2, -0.15) is 0 Å². The van der Waals surface area contributed by atoms with Crippen molar-refractivity contribution in [3.63, 3.8) is 0 Å². The molecule has 0 aliphatic heterocycles. The van der Waals surface area contributed by atoms with Crippen LogP contribution in [0.3, 0.4) is 0 Å². The molecule has 0 spiro atoms. The molecule has 0 aliphatic carbocycles. The van der Waals surface area contributed by atoms with Gasteiger partial charge in [-0.1, -0.05) is 22.0 Å². The second kappa shape index (κ2) is 5.65. The van der Waals surface area contributed by atoms with Crippen molar-refractivity contribution in [2.24, 2.45) is 0 Å². The molecule has 94 valence electrons. The third-order valence-electron chi connectivity index (χ3n) is 2.28. The summed E-state index contributed by atoms with van der Waals surface area (Å²) in [5.41, 5.74) is 1.74. The molecule has 3 nitrogen and oxygen atoms in total. The van der Waals surface area contributed by atoms with E-state index in [2.05, 4.69) is 46.8 Å². The first-order valence-corrected chi connectivity index (χ1v) is 6.24. The lowest BCUT2D eigenvalue weighted by molar-refractivity contribution is 0.0600. The Hall–Kier alpha value is -0.870. The van der Waals surface area contributed by atoms with Crippen molar-refractivity contribution in [3.05, 3.63) is 33.8 Å². The highest BCUT2D eigenvalue weighted by atomic mass is 79.9. The lowest BCUT2D eigenvalue weighted by Crippen LogP contribution is -2.35. The molecule has 1 N–H and O–H groups in total. The van der Waals surface area contributed by atoms with Crippen molar-refractivity contribution >= 4 is 21.9 Å². The fourth-order valence-corrected chi connectivity index (χ4v) is 1.81. The second-order valence-corrected chi connectivity index (χ2v) is 5.76. The van der Waals surface area contributed by atoms with Crippen LogP contribution in [0.2, 0.25) is 0 Å². The number of carbonyl (C=O) groups is 1. The molecule has 0 radical (unpaired) electrons. The molecule has 0 heterocycles. The Labute approximate surface area is 111 Å². The van der Waals surface area contributed by atoms with Gasteiger partial charge in [0.1, 0.15) is 0 Å². The van der Waals surface area contributed by atoms with Gasteiger partial charge in [0.15, 0.2) is 0 Å². The van der Waals surface area contributed by atoms with Crippen LogP contribution in [0, 0.1) is 0 Å². The second-order valence-electron chi connectivity index (χ2n) is 4.90. The Balaban J connectivity index is 2.80. The largest absolute Gasteiger partial charge is 0.465 e. The molecule has 0 atom stereocenters. The zero-order chi connectivity index (χ0) is 13.1. The molecule has 0 unspecified atom stereocenters. The van der Waals surface area contributed by atoms with Crippen molar-refractivity contribution in [1.82, 2.24) is 5.32 Å². The quantitative estimate of drug-likeness (QED) is 0.872. The predicted octanol–water partition coefficient (Wildman–Crippen LogP) is 3.12. The first-order valence-electron chi connectivity index (χ1n) is 5.45. The van der Waals surface area contributed by atoms with E-state index in [0.29, 0.717) is 5.56 Å². The number of halogens is 1. The topological polar surface area (TPSA) is 38.3 Å². The highest BCUT2D eigenvalue weighted by Crippen LogP contribution is 2.19. The predicted molar refractivity (Wildman–Crippen MR) is 72.1 cm³/mol. The summed E-state index contributed by atoms with van der Waals surface area (Å²) >= 11 is 3.46. The summed E-state index contributed by atoms with van der Waals surface area (Å²) in [4.78, 5) is 11.3. The van der Waals surface area contributed by atoms with Gasteiger partial charge in [0.2, 0.25) is 0 Å². The smallest absolute Gasteiger partial charge is 0.337 e. The van der Waals surface area contributed by atoms with E-state index in [0.717, 1.165) is 16.6 Å². The first-order chi connectivity index (χ1) is 7.83. The van der Waals surface area contributed by atoms with Crippen molar-refractivity contribution in [2.45, 2.75) is 32.9 Å². The summed E-state index contributed by atoms with van der Waals surface area (Å²) in [6.45, 7) is 7.10. The minimum absolute atomic E-state index is 0.0699. The van der Waals surface area contributed by atoms with Crippen LogP contribution in [0.25, 0.3) is 0 Å². The average molecular weight is 300 g/mol. The van der Waals surface area contributed by atoms with E-state index in [1.54, 1.807) is 12.1 Å². The maximum atomic E-state index is 11.3. The lowest BCUT2D eigenvalue weighted by Gasteiger charge is -2.21. The Morgan fingerprint density at radius 1 is 1.41 bits per heavy atom. The summed E-state index contributed by atoms with van der Waals surface area (Å²) in [7, 11) is 1.38. The van der Waals surface area contributed by atoms with E-state index in [9.17, 15) is 4.79 Å². The normalized spacial score (nSPS) is 11.4. The fourth-order valence-electron chi connectivity index (χ4n) is 1.30. The Morgan fingerprint density at radius 3 is 2.53 bits per heavy atom. The Kier molecular flexibility index (Phi) is 4.71. The summed E-state index contributed by atoms with van der Waals surface area (Å²) < 4.78 is 5.58. The van der Waals surface area contributed by atoms with Gasteiger partial charge in [-0.25, -0.2) is 4.79 Å². The average Bonchev–Trinajstić information content (AvgIpc) is 2.25. The molecule has 0 amide bonds. The maximum absolute atomic E-state index is 11.3. The zero-order valence-electron chi connectivity index (χ0n) is 10.6. The van der Waals surface area contributed by atoms with Crippen LogP contribution >= 0.6 is 15.9 Å². The maximum Gasteiger partial charge on any atom is 0.337 e. The number of rotatable bonds is 3. The summed E-state index contributed by atoms with van der Waals surface area (Å²) in [6, 6.07) is 5.48. The number of hydrogen-bond acceptors (Lipinski definition) is 3. The number of hydrogen-bond donors (Lipinski definition) is 1. The first kappa shape index (κ1) is 14.2. The highest BCUT2D eigenvalue weighted by Gasteiger charge is 2.11. The van der Waals surface area contributed by atoms with Crippen molar-refractivity contribution in [2.75, 3.05) is 7.11 Å². The molecule has 0 saturated heterocycles. The van der Waals surface area contributed by atoms with Crippen LogP contribution in [0.5, 0.6) is 0 Å². The molecule has 4 heteroatoms. The standard InChI is InChI=1S/C13H18BrNO2/c1-13(2,3)15-8-10-6-5-9(7-11(10)14)12(16)17-4/h5-7,15H,8H2,1-4H3. The van der Waals surface area contributed by atoms with E-state index >= 15 is 0 Å². The van der Waals surface area contributed by atoms with Crippen molar-refractivity contribution in [1.29, 1.82) is 0 Å². The van der Waals surface area contributed by atoms with Crippen molar-refractivity contribution < 1.29 is 9.53 Å². The molecule has 0 bridgehead atoms. The van der Waals surface area contributed by atoms with E-state index in [4.69, 9.17) is 0 Å². The molecule has 1 aromatic rings. The third-order valence-corrected chi connectivity index (χ3v) is 3.02. The van der Waals surface area contributed by atoms with Gasteiger partial charge in [0.25, 0.3) is 0 Å². The van der Waals surface area contributed by atoms with E-state index < -0.39 is 0 Å². The molecular formula is C13H18BrNO2. The molecule has 0 aromatic heterocycles. The minimum Gasteiger partial charge on any atom is -0.465 e. The van der Waals surface area contributed by atoms with Crippen LogP contribution in [-0.4, -0.2) is 18.6 Å². The van der Waals surface area contributed by atoms with E-state index in [1.165, 1.54) is 7.11 Å². The summed E-state index contributed by atoms with van der Waals surface area (Å²) in [5, 5.41) is 3.40. The van der Waals surface area contributed by atoms with Crippen LogP contribution in [0.15, 0.2) is 22.7 Å². The zero-order valence-corrected chi connectivity index (χ0v) is 12.2. The number of carbonyl (C=O) groups excluding carboxylic acids is 1. The third kappa shape index (κ3) is 4.48. The summed E-state index contributed by atoms with van der Waals surface area (Å²) in [6.07, 6.45) is 0. The van der Waals surface area contributed by atoms with Crippen LogP contribution in [0.1, 0.15) is 36.7 Å². The fraction of sp³-hybridized carbons (Fsp3) is 0.462. The van der Waals surface area contributed by atoms with Crippen LogP contribution < -0.4 is 5.32 Å². The molecule has 0 fully saturated rings. The molecule has 1 rings (SSSR count). The van der Waals surface area contributed by atoms with Gasteiger partial charge in [0.05, 0.1) is 12.7 Å². The lowest BCUT2D eigenvalue weighted by atomic mass is 10.1. The van der Waals surface area contributed by atoms with Gasteiger partial charge < -0.3 is 10.1 Å². The van der Waals surface area contributed by atoms with Gasteiger partial charge in [-0.15, -0.1) is 0 Å². The Bertz CT molecular complexity index is 410. The SMILES string of the molecule is COC(=O)c1ccc(CNC(C)(C)C)c(Br)c1. The number of nitrogens with one attached hydrogen (secondary N) is 1. The monoisotopic (exact) mass is 299 g/mol. The van der Waals surface area contributed by atoms with Crippen molar-refractivity contribution in [3.8, 4) is 0 Å². The van der Waals surface area contributed by atoms with E-state index in [-0.39, 0.29) is 11.5 Å². The molecular weight excluding hydrogens is 282 g/mol. The number of methoxy groups -OCH3 is 1. The van der Waals surface area contributed by atoms with Crippen LogP contribution in [-0.2, 0) is 11.3 Å². The molecule has 0 aliphatic rings. The number of esters is 1. The van der Waals surface area contributed by atoms with Gasteiger partial charge in [-0.05, 0) is 38.5 Å². The summed E-state index contributed by atoms with van der Waals surface area (Å²) in [5.74, 6) is -0.318. The van der Waals surface area contributed by atoms with Gasteiger partial charge in [-0.3, -0.25) is 0 Å². The van der Waals surface area contributed by atoms with Crippen LogP contribution in [0.4, 0.5) is 0 Å². The molecule has 0 saturated carbocycles. The number of ether oxygens (including phenoxy) is 1. The number of benzene rings is 1.